The van der Waals surface area contributed by atoms with Crippen molar-refractivity contribution in [2.75, 3.05) is 38.0 Å². The maximum Gasteiger partial charge on any atom is 0.243 e. The molecule has 0 spiro atoms. The third-order valence-electron chi connectivity index (χ3n) is 5.86. The van der Waals surface area contributed by atoms with Gasteiger partial charge in [0.15, 0.2) is 0 Å². The van der Waals surface area contributed by atoms with E-state index < -0.39 is 15.8 Å². The van der Waals surface area contributed by atoms with E-state index in [1.54, 1.807) is 6.07 Å². The van der Waals surface area contributed by atoms with Crippen molar-refractivity contribution < 1.29 is 17.6 Å². The molecule has 31 heavy (non-hydrogen) atoms. The van der Waals surface area contributed by atoms with Gasteiger partial charge in [0, 0.05) is 31.9 Å². The maximum absolute atomic E-state index is 13.2. The zero-order valence-electron chi connectivity index (χ0n) is 17.1. The monoisotopic (exact) mass is 465 g/mol. The van der Waals surface area contributed by atoms with Gasteiger partial charge in [-0.05, 0) is 67.1 Å². The Kier molecular flexibility index (Phi) is 6.62. The molecule has 0 saturated carbocycles. The Bertz CT molecular complexity index is 1090. The van der Waals surface area contributed by atoms with Crippen LogP contribution < -0.4 is 5.32 Å². The van der Waals surface area contributed by atoms with Crippen LogP contribution in [0.1, 0.15) is 24.0 Å². The van der Waals surface area contributed by atoms with Gasteiger partial charge in [-0.3, -0.25) is 9.69 Å². The molecule has 1 saturated heterocycles. The number of nitrogens with one attached hydrogen (secondary N) is 1. The molecule has 2 aromatic carbocycles. The summed E-state index contributed by atoms with van der Waals surface area (Å²) in [6.45, 7) is 1.70. The first-order chi connectivity index (χ1) is 14.8. The van der Waals surface area contributed by atoms with Crippen LogP contribution in [0.3, 0.4) is 0 Å². The van der Waals surface area contributed by atoms with E-state index in [1.807, 2.05) is 17.0 Å². The molecule has 9 heteroatoms. The summed E-state index contributed by atoms with van der Waals surface area (Å²) in [5.74, 6) is -0.801. The Morgan fingerprint density at radius 3 is 2.42 bits per heavy atom. The number of benzene rings is 2. The fraction of sp³-hybridized carbons (Fsp3) is 0.409. The second-order valence-corrected chi connectivity index (χ2v) is 10.3. The third kappa shape index (κ3) is 5.09. The highest BCUT2D eigenvalue weighted by Crippen LogP contribution is 2.26. The van der Waals surface area contributed by atoms with Crippen LogP contribution in [-0.2, 0) is 27.7 Å². The quantitative estimate of drug-likeness (QED) is 0.735. The molecule has 0 bridgehead atoms. The summed E-state index contributed by atoms with van der Waals surface area (Å²) >= 11 is 5.74. The highest BCUT2D eigenvalue weighted by molar-refractivity contribution is 7.89. The summed E-state index contributed by atoms with van der Waals surface area (Å²) in [5.41, 5.74) is 2.82. The van der Waals surface area contributed by atoms with Crippen LogP contribution in [0.5, 0.6) is 0 Å². The van der Waals surface area contributed by atoms with Gasteiger partial charge in [-0.25, -0.2) is 12.8 Å². The zero-order chi connectivity index (χ0) is 22.0. The van der Waals surface area contributed by atoms with Crippen molar-refractivity contribution in [1.29, 1.82) is 0 Å². The Morgan fingerprint density at radius 1 is 1.00 bits per heavy atom. The molecule has 1 aliphatic carbocycles. The number of carbonyl (C=O) groups is 1. The molecule has 166 valence electrons. The number of amides is 1. The third-order valence-corrected chi connectivity index (χ3v) is 8.04. The van der Waals surface area contributed by atoms with Crippen LogP contribution in [0.25, 0.3) is 0 Å². The Hall–Kier alpha value is -2.00. The highest BCUT2D eigenvalue weighted by atomic mass is 35.5. The average Bonchev–Trinajstić information content (AvgIpc) is 2.76. The number of piperazine rings is 1. The van der Waals surface area contributed by atoms with Gasteiger partial charge in [0.25, 0.3) is 0 Å². The molecule has 4 rings (SSSR count). The number of anilines is 1. The molecule has 0 unspecified atom stereocenters. The molecule has 6 nitrogen and oxygen atoms in total. The number of rotatable bonds is 5. The summed E-state index contributed by atoms with van der Waals surface area (Å²) in [6.07, 6.45) is 4.20. The summed E-state index contributed by atoms with van der Waals surface area (Å²) in [6, 6.07) is 9.50. The summed E-state index contributed by atoms with van der Waals surface area (Å²) in [4.78, 5) is 14.5. The largest absolute Gasteiger partial charge is 0.325 e. The lowest BCUT2D eigenvalue weighted by Crippen LogP contribution is -2.50. The van der Waals surface area contributed by atoms with Gasteiger partial charge >= 0.3 is 0 Å². The van der Waals surface area contributed by atoms with Gasteiger partial charge in [0.05, 0.1) is 16.5 Å². The SMILES string of the molecule is O=C(CN1CCN(S(=O)(=O)c2ccc3c(c2)CCCC3)CC1)Nc1ccc(F)c(Cl)c1. The lowest BCUT2D eigenvalue weighted by atomic mass is 9.92. The van der Waals surface area contributed by atoms with Crippen molar-refractivity contribution in [3.63, 3.8) is 0 Å². The zero-order valence-corrected chi connectivity index (χ0v) is 18.7. The Morgan fingerprint density at radius 2 is 1.71 bits per heavy atom. The number of hydrogen-bond donors (Lipinski definition) is 1. The van der Waals surface area contributed by atoms with E-state index in [2.05, 4.69) is 5.32 Å². The van der Waals surface area contributed by atoms with Gasteiger partial charge in [0.2, 0.25) is 15.9 Å². The minimum atomic E-state index is -3.55. The predicted octanol–water partition coefficient (Wildman–Crippen LogP) is 3.30. The van der Waals surface area contributed by atoms with Crippen molar-refractivity contribution in [1.82, 2.24) is 9.21 Å². The van der Waals surface area contributed by atoms with Crippen LogP contribution in [0.15, 0.2) is 41.3 Å². The van der Waals surface area contributed by atoms with E-state index in [0.717, 1.165) is 31.2 Å². The number of sulfonamides is 1. The van der Waals surface area contributed by atoms with Gasteiger partial charge in [-0.15, -0.1) is 0 Å². The van der Waals surface area contributed by atoms with E-state index >= 15 is 0 Å². The second-order valence-electron chi connectivity index (χ2n) is 7.99. The molecule has 2 aliphatic rings. The van der Waals surface area contributed by atoms with Gasteiger partial charge in [-0.1, -0.05) is 17.7 Å². The first-order valence-electron chi connectivity index (χ1n) is 10.4. The van der Waals surface area contributed by atoms with E-state index in [1.165, 1.54) is 28.1 Å². The number of carbonyl (C=O) groups excluding carboxylic acids is 1. The topological polar surface area (TPSA) is 69.7 Å². The molecular formula is C22H25ClFN3O3S. The Labute approximate surface area is 187 Å². The summed E-state index contributed by atoms with van der Waals surface area (Å²) < 4.78 is 40.9. The van der Waals surface area contributed by atoms with Crippen LogP contribution in [0, 0.1) is 5.82 Å². The van der Waals surface area contributed by atoms with Crippen LogP contribution in [0.4, 0.5) is 10.1 Å². The summed E-state index contributed by atoms with van der Waals surface area (Å²) in [7, 11) is -3.55. The van der Waals surface area contributed by atoms with Crippen LogP contribution >= 0.6 is 11.6 Å². The molecule has 2 aromatic rings. The van der Waals surface area contributed by atoms with E-state index in [0.29, 0.717) is 36.8 Å². The van der Waals surface area contributed by atoms with Gasteiger partial charge in [-0.2, -0.15) is 4.31 Å². The van der Waals surface area contributed by atoms with Crippen molar-refractivity contribution in [3.05, 3.63) is 58.4 Å². The van der Waals surface area contributed by atoms with Gasteiger partial charge in [0.1, 0.15) is 5.82 Å². The molecule has 1 amide bonds. The minimum absolute atomic E-state index is 0.0567. The fourth-order valence-electron chi connectivity index (χ4n) is 4.12. The molecule has 0 aromatic heterocycles. The average molecular weight is 466 g/mol. The van der Waals surface area contributed by atoms with Crippen molar-refractivity contribution in [2.45, 2.75) is 30.6 Å². The normalized spacial score (nSPS) is 17.9. The molecule has 1 aliphatic heterocycles. The highest BCUT2D eigenvalue weighted by Gasteiger charge is 2.29. The number of aryl methyl sites for hydroxylation is 2. The van der Waals surface area contributed by atoms with E-state index in [4.69, 9.17) is 11.6 Å². The fourth-order valence-corrected chi connectivity index (χ4v) is 5.78. The molecule has 1 heterocycles. The number of hydrogen-bond acceptors (Lipinski definition) is 4. The lowest BCUT2D eigenvalue weighted by Gasteiger charge is -2.33. The Balaban J connectivity index is 1.33. The standard InChI is InChI=1S/C22H25ClFN3O3S/c23-20-14-18(6-8-21(20)24)25-22(28)15-26-9-11-27(12-10-26)31(29,30)19-7-5-16-3-1-2-4-17(16)13-19/h5-8,13-14H,1-4,9-12,15H2,(H,25,28). The van der Waals surface area contributed by atoms with Gasteiger partial charge < -0.3 is 5.32 Å². The van der Waals surface area contributed by atoms with Crippen LogP contribution in [-0.4, -0.2) is 56.3 Å². The predicted molar refractivity (Wildman–Crippen MR) is 118 cm³/mol. The minimum Gasteiger partial charge on any atom is -0.325 e. The van der Waals surface area contributed by atoms with E-state index in [-0.39, 0.29) is 17.5 Å². The molecular weight excluding hydrogens is 441 g/mol. The van der Waals surface area contributed by atoms with Crippen molar-refractivity contribution >= 4 is 33.2 Å². The number of nitrogens with zero attached hydrogens (tertiary/aromatic N) is 2. The number of fused-ring (bicyclic) bond motifs is 1. The first-order valence-corrected chi connectivity index (χ1v) is 12.2. The van der Waals surface area contributed by atoms with E-state index in [9.17, 15) is 17.6 Å². The summed E-state index contributed by atoms with van der Waals surface area (Å²) in [5, 5.41) is 2.63. The molecule has 1 fully saturated rings. The second kappa shape index (κ2) is 9.24. The van der Waals surface area contributed by atoms with Crippen molar-refractivity contribution in [2.24, 2.45) is 0 Å². The van der Waals surface area contributed by atoms with Crippen LogP contribution in [0.2, 0.25) is 5.02 Å². The first kappa shape index (κ1) is 22.2. The molecule has 0 atom stereocenters. The maximum atomic E-state index is 13.2. The molecule has 1 N–H and O–H groups in total. The molecule has 0 radical (unpaired) electrons. The smallest absolute Gasteiger partial charge is 0.243 e. The van der Waals surface area contributed by atoms with Crippen molar-refractivity contribution in [3.8, 4) is 0 Å². The lowest BCUT2D eigenvalue weighted by molar-refractivity contribution is -0.117. The number of halogens is 2.